The van der Waals surface area contributed by atoms with Crippen LogP contribution < -0.4 is 0 Å². The third kappa shape index (κ3) is 8.48. The maximum atomic E-state index is 13.6. The van der Waals surface area contributed by atoms with E-state index in [1.165, 1.54) is 44.6 Å². The predicted octanol–water partition coefficient (Wildman–Crippen LogP) is 10.6. The van der Waals surface area contributed by atoms with Crippen molar-refractivity contribution in [3.05, 3.63) is 57.6 Å². The van der Waals surface area contributed by atoms with Gasteiger partial charge in [0.2, 0.25) is 0 Å². The van der Waals surface area contributed by atoms with Gasteiger partial charge in [-0.2, -0.15) is 13.2 Å². The van der Waals surface area contributed by atoms with Gasteiger partial charge in [-0.15, -0.1) is 0 Å². The van der Waals surface area contributed by atoms with E-state index in [1.54, 1.807) is 12.1 Å². The number of aliphatic hydroxyl groups excluding tert-OH is 1. The number of nitrogens with zero attached hydrogens (tertiary/aromatic N) is 1. The lowest BCUT2D eigenvalue weighted by Crippen LogP contribution is -2.31. The highest BCUT2D eigenvalue weighted by Crippen LogP contribution is 2.40. The Balaban J connectivity index is 1.93. The molecule has 0 radical (unpaired) electrons. The van der Waals surface area contributed by atoms with Gasteiger partial charge in [-0.25, -0.2) is 0 Å². The van der Waals surface area contributed by atoms with Crippen molar-refractivity contribution in [2.75, 3.05) is 19.6 Å². The van der Waals surface area contributed by atoms with Gasteiger partial charge in [-0.05, 0) is 78.0 Å². The summed E-state index contributed by atoms with van der Waals surface area (Å²) in [4.78, 5) is 2.31. The van der Waals surface area contributed by atoms with Crippen molar-refractivity contribution < 1.29 is 18.3 Å². The van der Waals surface area contributed by atoms with Crippen LogP contribution in [-0.4, -0.2) is 29.6 Å². The maximum Gasteiger partial charge on any atom is 0.416 e. The Morgan fingerprint density at radius 3 is 1.89 bits per heavy atom. The minimum Gasteiger partial charge on any atom is -0.387 e. The maximum absolute atomic E-state index is 13.6. The Kier molecular flexibility index (Phi) is 12.0. The number of fused-ring (bicyclic) bond motifs is 3. The molecule has 0 saturated carbocycles. The minimum atomic E-state index is -4.48. The van der Waals surface area contributed by atoms with Crippen molar-refractivity contribution in [3.63, 3.8) is 0 Å². The van der Waals surface area contributed by atoms with Gasteiger partial charge in [0.15, 0.2) is 0 Å². The van der Waals surface area contributed by atoms with Crippen LogP contribution in [0.3, 0.4) is 0 Å². The summed E-state index contributed by atoms with van der Waals surface area (Å²) in [6, 6.07) is 8.72. The van der Waals surface area contributed by atoms with Crippen LogP contribution in [-0.2, 0) is 6.18 Å². The first-order chi connectivity index (χ1) is 18.2. The average molecular weight is 571 g/mol. The van der Waals surface area contributed by atoms with Crippen LogP contribution >= 0.6 is 23.2 Å². The first-order valence-electron chi connectivity index (χ1n) is 14.0. The summed E-state index contributed by atoms with van der Waals surface area (Å²) in [7, 11) is 0. The van der Waals surface area contributed by atoms with Gasteiger partial charge in [0.25, 0.3) is 0 Å². The highest BCUT2D eigenvalue weighted by molar-refractivity contribution is 6.39. The third-order valence-corrected chi connectivity index (χ3v) is 7.82. The molecule has 0 aliphatic rings. The molecule has 0 spiro atoms. The summed E-state index contributed by atoms with van der Waals surface area (Å²) < 4.78 is 40.8. The number of hydrogen-bond donors (Lipinski definition) is 1. The average Bonchev–Trinajstić information content (AvgIpc) is 2.87. The Hall–Kier alpha value is -1.53. The Labute approximate surface area is 235 Å². The predicted molar refractivity (Wildman–Crippen MR) is 155 cm³/mol. The molecular weight excluding hydrogens is 530 g/mol. The van der Waals surface area contributed by atoms with Gasteiger partial charge in [0.1, 0.15) is 0 Å². The fourth-order valence-electron chi connectivity index (χ4n) is 5.17. The van der Waals surface area contributed by atoms with Crippen LogP contribution in [0.15, 0.2) is 36.4 Å². The number of alkyl halides is 3. The molecule has 1 atom stereocenters. The lowest BCUT2D eigenvalue weighted by atomic mass is 9.92. The SMILES string of the molecule is CCCCCCCN(CCCCCCC)CC(O)c1cc2c(Cl)cc(Cl)cc2c2cc(C(F)(F)F)ccc12. The van der Waals surface area contributed by atoms with Crippen molar-refractivity contribution in [3.8, 4) is 0 Å². The molecule has 0 aliphatic carbocycles. The summed E-state index contributed by atoms with van der Waals surface area (Å²) in [5.41, 5.74) is -0.151. The molecule has 1 unspecified atom stereocenters. The molecule has 3 aromatic carbocycles. The van der Waals surface area contributed by atoms with Crippen LogP contribution in [0.25, 0.3) is 21.5 Å². The number of unbranched alkanes of at least 4 members (excludes halogenated alkanes) is 8. The first kappa shape index (κ1) is 31.0. The zero-order valence-electron chi connectivity index (χ0n) is 22.5. The standard InChI is InChI=1S/C31H40Cl2F3NO/c1-3-5-7-9-11-15-37(16-12-10-8-6-4-2)21-30(38)28-20-27-26(18-23(32)19-29(27)33)25-17-22(31(34,35)36)13-14-24(25)28/h13-14,17-20,30,38H,3-12,15-16,21H2,1-2H3. The topological polar surface area (TPSA) is 23.5 Å². The number of aliphatic hydroxyl groups is 1. The summed E-state index contributed by atoms with van der Waals surface area (Å²) in [5, 5.41) is 14.3. The smallest absolute Gasteiger partial charge is 0.387 e. The highest BCUT2D eigenvalue weighted by Gasteiger charge is 2.31. The highest BCUT2D eigenvalue weighted by atomic mass is 35.5. The summed E-state index contributed by atoms with van der Waals surface area (Å²) in [5.74, 6) is 0. The molecule has 2 nitrogen and oxygen atoms in total. The summed E-state index contributed by atoms with van der Waals surface area (Å²) in [6.07, 6.45) is 6.37. The van der Waals surface area contributed by atoms with E-state index in [1.807, 2.05) is 6.07 Å². The molecule has 0 aromatic heterocycles. The molecule has 0 aliphatic heterocycles. The Bertz CT molecular complexity index is 1170. The lowest BCUT2D eigenvalue weighted by molar-refractivity contribution is -0.137. The molecule has 210 valence electrons. The largest absolute Gasteiger partial charge is 0.416 e. The molecular formula is C31H40Cl2F3NO. The van der Waals surface area contributed by atoms with Crippen LogP contribution in [0.2, 0.25) is 10.0 Å². The van der Waals surface area contributed by atoms with Crippen molar-refractivity contribution in [1.82, 2.24) is 4.90 Å². The molecule has 0 bridgehead atoms. The van der Waals surface area contributed by atoms with Crippen LogP contribution in [0.4, 0.5) is 13.2 Å². The van der Waals surface area contributed by atoms with Gasteiger partial charge in [0, 0.05) is 22.0 Å². The van der Waals surface area contributed by atoms with E-state index in [4.69, 9.17) is 23.2 Å². The van der Waals surface area contributed by atoms with E-state index in [9.17, 15) is 18.3 Å². The molecule has 1 N–H and O–H groups in total. The van der Waals surface area contributed by atoms with Crippen LogP contribution in [0, 0.1) is 0 Å². The van der Waals surface area contributed by atoms with Crippen LogP contribution in [0.5, 0.6) is 0 Å². The van der Waals surface area contributed by atoms with Crippen molar-refractivity contribution in [2.24, 2.45) is 0 Å². The zero-order chi connectivity index (χ0) is 27.7. The van der Waals surface area contributed by atoms with E-state index in [2.05, 4.69) is 18.7 Å². The quantitative estimate of drug-likeness (QED) is 0.145. The van der Waals surface area contributed by atoms with Crippen LogP contribution in [0.1, 0.15) is 95.3 Å². The molecule has 3 rings (SSSR count). The fourth-order valence-corrected chi connectivity index (χ4v) is 5.72. The zero-order valence-corrected chi connectivity index (χ0v) is 24.0. The number of hydrogen-bond acceptors (Lipinski definition) is 2. The van der Waals surface area contributed by atoms with Crippen molar-refractivity contribution in [2.45, 2.75) is 90.3 Å². The first-order valence-corrected chi connectivity index (χ1v) is 14.7. The number of rotatable bonds is 15. The lowest BCUT2D eigenvalue weighted by Gasteiger charge is -2.26. The molecule has 0 amide bonds. The van der Waals surface area contributed by atoms with Gasteiger partial charge >= 0.3 is 6.18 Å². The Morgan fingerprint density at radius 2 is 1.32 bits per heavy atom. The molecule has 3 aromatic rings. The molecule has 0 fully saturated rings. The summed E-state index contributed by atoms with van der Waals surface area (Å²) in [6.45, 7) is 6.62. The normalized spacial score (nSPS) is 13.2. The van der Waals surface area contributed by atoms with Gasteiger partial charge < -0.3 is 10.0 Å². The Morgan fingerprint density at radius 1 is 0.737 bits per heavy atom. The fraction of sp³-hybridized carbons (Fsp3) is 0.548. The molecule has 0 saturated heterocycles. The van der Waals surface area contributed by atoms with Gasteiger partial charge in [-0.3, -0.25) is 0 Å². The van der Waals surface area contributed by atoms with E-state index in [-0.39, 0.29) is 0 Å². The van der Waals surface area contributed by atoms with Crippen molar-refractivity contribution >= 4 is 44.7 Å². The van der Waals surface area contributed by atoms with E-state index in [0.29, 0.717) is 43.7 Å². The molecule has 38 heavy (non-hydrogen) atoms. The van der Waals surface area contributed by atoms with E-state index < -0.39 is 17.8 Å². The number of halogens is 5. The second kappa shape index (κ2) is 14.7. The molecule has 0 heterocycles. The van der Waals surface area contributed by atoms with Crippen molar-refractivity contribution in [1.29, 1.82) is 0 Å². The third-order valence-electron chi connectivity index (χ3n) is 7.29. The van der Waals surface area contributed by atoms with E-state index in [0.717, 1.165) is 50.9 Å². The second-order valence-electron chi connectivity index (χ2n) is 10.4. The minimum absolute atomic E-state index is 0.351. The summed E-state index contributed by atoms with van der Waals surface area (Å²) >= 11 is 12.7. The van der Waals surface area contributed by atoms with E-state index >= 15 is 0 Å². The van der Waals surface area contributed by atoms with Gasteiger partial charge in [0.05, 0.1) is 11.7 Å². The monoisotopic (exact) mass is 569 g/mol. The van der Waals surface area contributed by atoms with Gasteiger partial charge in [-0.1, -0.05) is 94.5 Å². The number of benzene rings is 3. The molecule has 7 heteroatoms. The second-order valence-corrected chi connectivity index (χ2v) is 11.2.